The van der Waals surface area contributed by atoms with Gasteiger partial charge in [-0.25, -0.2) is 14.8 Å². The number of rotatable bonds is 4. The van der Waals surface area contributed by atoms with E-state index in [9.17, 15) is 14.4 Å². The van der Waals surface area contributed by atoms with E-state index < -0.39 is 17.5 Å². The molecule has 9 heteroatoms. The fourth-order valence-corrected chi connectivity index (χ4v) is 5.51. The summed E-state index contributed by atoms with van der Waals surface area (Å²) in [6, 6.07) is 7.61. The molecule has 0 spiro atoms. The van der Waals surface area contributed by atoms with Gasteiger partial charge in [-0.3, -0.25) is 9.59 Å². The fraction of sp³-hybridized carbons (Fsp3) is 0.346. The van der Waals surface area contributed by atoms with Crippen molar-refractivity contribution >= 4 is 40.6 Å². The Kier molecular flexibility index (Phi) is 4.61. The summed E-state index contributed by atoms with van der Waals surface area (Å²) in [6.45, 7) is 6.05. The van der Waals surface area contributed by atoms with Gasteiger partial charge in [0.2, 0.25) is 5.60 Å². The van der Waals surface area contributed by atoms with Crippen LogP contribution < -0.4 is 10.5 Å². The van der Waals surface area contributed by atoms with E-state index in [4.69, 9.17) is 14.5 Å². The van der Waals surface area contributed by atoms with Gasteiger partial charge in [-0.15, -0.1) is 0 Å². The highest BCUT2D eigenvalue weighted by atomic mass is 16.6. The first-order valence-corrected chi connectivity index (χ1v) is 11.8. The van der Waals surface area contributed by atoms with Crippen molar-refractivity contribution in [3.63, 3.8) is 0 Å². The van der Waals surface area contributed by atoms with Crippen LogP contribution in [0.25, 0.3) is 22.3 Å². The van der Waals surface area contributed by atoms with Gasteiger partial charge >= 0.3 is 11.9 Å². The summed E-state index contributed by atoms with van der Waals surface area (Å²) in [4.78, 5) is 50.3. The highest BCUT2D eigenvalue weighted by molar-refractivity contribution is 6.11. The Bertz CT molecular complexity index is 1540. The van der Waals surface area contributed by atoms with Crippen LogP contribution in [0.3, 0.4) is 0 Å². The van der Waals surface area contributed by atoms with Crippen molar-refractivity contribution in [2.75, 3.05) is 11.4 Å². The molecule has 0 aliphatic carbocycles. The molecular formula is C26H24N4O5. The van der Waals surface area contributed by atoms with Gasteiger partial charge in [0.1, 0.15) is 6.61 Å². The number of hydrogen-bond donors (Lipinski definition) is 0. The maximum absolute atomic E-state index is 13.7. The van der Waals surface area contributed by atoms with E-state index in [1.807, 2.05) is 24.5 Å². The van der Waals surface area contributed by atoms with Gasteiger partial charge < -0.3 is 18.9 Å². The third kappa shape index (κ3) is 2.84. The molecule has 0 amide bonds. The summed E-state index contributed by atoms with van der Waals surface area (Å²) in [5.41, 5.74) is 3.65. The lowest BCUT2D eigenvalue weighted by molar-refractivity contribution is -0.188. The van der Waals surface area contributed by atoms with Crippen molar-refractivity contribution in [3.05, 3.63) is 51.3 Å². The van der Waals surface area contributed by atoms with Crippen LogP contribution in [0.15, 0.2) is 34.1 Å². The van der Waals surface area contributed by atoms with Crippen molar-refractivity contribution in [1.29, 1.82) is 0 Å². The molecule has 9 nitrogen and oxygen atoms in total. The number of pyridine rings is 2. The van der Waals surface area contributed by atoms with Gasteiger partial charge in [0.15, 0.2) is 0 Å². The molecule has 0 saturated carbocycles. The topological polar surface area (TPSA) is 103 Å². The second kappa shape index (κ2) is 7.49. The number of anilines is 1. The fourth-order valence-electron chi connectivity index (χ4n) is 5.51. The number of esters is 2. The molecule has 2 aromatic heterocycles. The van der Waals surface area contributed by atoms with Crippen LogP contribution in [0, 0.1) is 0 Å². The number of aromatic nitrogens is 2. The predicted octanol–water partition coefficient (Wildman–Crippen LogP) is 3.54. The Morgan fingerprint density at radius 3 is 2.80 bits per heavy atom. The maximum atomic E-state index is 13.7. The Hall–Kier alpha value is -4.01. The molecule has 0 fully saturated rings. The lowest BCUT2D eigenvalue weighted by Crippen LogP contribution is -2.47. The lowest BCUT2D eigenvalue weighted by atomic mass is 9.85. The third-order valence-electron chi connectivity index (χ3n) is 7.04. The van der Waals surface area contributed by atoms with Crippen LogP contribution >= 0.6 is 0 Å². The number of cyclic esters (lactones) is 1. The first-order valence-electron chi connectivity index (χ1n) is 11.8. The van der Waals surface area contributed by atoms with Crippen LogP contribution in [0.5, 0.6) is 0 Å². The van der Waals surface area contributed by atoms with E-state index >= 15 is 0 Å². The minimum atomic E-state index is -1.66. The lowest BCUT2D eigenvalue weighted by Gasteiger charge is -2.35. The van der Waals surface area contributed by atoms with Crippen molar-refractivity contribution < 1.29 is 19.1 Å². The summed E-state index contributed by atoms with van der Waals surface area (Å²) in [5.74, 6) is -1.28. The molecule has 6 rings (SSSR count). The Morgan fingerprint density at radius 1 is 1.23 bits per heavy atom. The molecule has 3 aromatic rings. The molecule has 178 valence electrons. The SMILES string of the molecule is CCCN1C=Nc2cccc3nc4c(c1c23)Cn1c-4cc2c(c1=O)COC(=O)[C@@]2(CC)OC(C)=O. The minimum Gasteiger partial charge on any atom is -0.457 e. The number of carbonyl (C=O) groups is 2. The molecule has 1 atom stereocenters. The van der Waals surface area contributed by atoms with Crippen molar-refractivity contribution in [1.82, 2.24) is 9.55 Å². The van der Waals surface area contributed by atoms with E-state index in [1.165, 1.54) is 6.92 Å². The number of hydrogen-bond acceptors (Lipinski definition) is 8. The summed E-state index contributed by atoms with van der Waals surface area (Å²) in [5, 5.41) is 0.967. The van der Waals surface area contributed by atoms with Crippen LogP contribution in [0.1, 0.15) is 50.3 Å². The molecule has 3 aliphatic rings. The largest absolute Gasteiger partial charge is 0.457 e. The van der Waals surface area contributed by atoms with Gasteiger partial charge in [-0.1, -0.05) is 19.9 Å². The Morgan fingerprint density at radius 2 is 2.06 bits per heavy atom. The standard InChI is InChI=1S/C26H24N4O5/c1-4-9-29-13-27-18-7-6-8-19-21(18)23(29)15-11-30-20(22(15)28-19)10-17-16(24(30)32)12-34-25(33)26(17,5-2)35-14(3)31/h6-8,10,13H,4-5,9,11-12H2,1-3H3/t26-/m0/s1. The van der Waals surface area contributed by atoms with Crippen LogP contribution in [0.4, 0.5) is 11.4 Å². The van der Waals surface area contributed by atoms with Crippen molar-refractivity contribution in [3.8, 4) is 11.4 Å². The van der Waals surface area contributed by atoms with E-state index in [0.29, 0.717) is 29.1 Å². The second-order valence-electron chi connectivity index (χ2n) is 9.06. The van der Waals surface area contributed by atoms with Crippen LogP contribution in [-0.4, -0.2) is 34.4 Å². The van der Waals surface area contributed by atoms with Crippen LogP contribution in [-0.2, 0) is 37.8 Å². The highest BCUT2D eigenvalue weighted by Crippen LogP contribution is 2.46. The van der Waals surface area contributed by atoms with E-state index in [-0.39, 0.29) is 18.6 Å². The second-order valence-corrected chi connectivity index (χ2v) is 9.06. The molecule has 0 unspecified atom stereocenters. The molecule has 0 bridgehead atoms. The number of benzene rings is 1. The molecule has 0 radical (unpaired) electrons. The average molecular weight is 473 g/mol. The quantitative estimate of drug-likeness (QED) is 0.419. The molecule has 1 aromatic carbocycles. The van der Waals surface area contributed by atoms with Crippen LogP contribution in [0.2, 0.25) is 0 Å². The molecule has 35 heavy (non-hydrogen) atoms. The van der Waals surface area contributed by atoms with Gasteiger partial charge in [-0.2, -0.15) is 0 Å². The monoisotopic (exact) mass is 472 g/mol. The zero-order valence-corrected chi connectivity index (χ0v) is 19.8. The summed E-state index contributed by atoms with van der Waals surface area (Å²) in [7, 11) is 0. The number of carbonyl (C=O) groups excluding carboxylic acids is 2. The maximum Gasteiger partial charge on any atom is 0.355 e. The normalized spacial score (nSPS) is 19.3. The summed E-state index contributed by atoms with van der Waals surface area (Å²) < 4.78 is 12.6. The first-order chi connectivity index (χ1) is 16.9. The summed E-state index contributed by atoms with van der Waals surface area (Å²) in [6.07, 6.45) is 2.91. The van der Waals surface area contributed by atoms with Crippen molar-refractivity contribution in [2.45, 2.75) is 52.4 Å². The zero-order valence-electron chi connectivity index (χ0n) is 19.8. The summed E-state index contributed by atoms with van der Waals surface area (Å²) >= 11 is 0. The molecular weight excluding hydrogens is 448 g/mol. The van der Waals surface area contributed by atoms with E-state index in [0.717, 1.165) is 40.8 Å². The number of ether oxygens (including phenoxy) is 2. The Labute approximate surface area is 201 Å². The third-order valence-corrected chi connectivity index (χ3v) is 7.04. The zero-order chi connectivity index (χ0) is 24.5. The number of fused-ring (bicyclic) bond motifs is 5. The van der Waals surface area contributed by atoms with Gasteiger partial charge in [-0.05, 0) is 31.0 Å². The first kappa shape index (κ1) is 21.5. The molecule has 5 heterocycles. The van der Waals surface area contributed by atoms with Gasteiger partial charge in [0.25, 0.3) is 5.56 Å². The number of nitrogens with zero attached hydrogens (tertiary/aromatic N) is 4. The Balaban J connectivity index is 1.65. The molecule has 3 aliphatic heterocycles. The smallest absolute Gasteiger partial charge is 0.355 e. The number of aliphatic imine (C=N–C) groups is 1. The van der Waals surface area contributed by atoms with Crippen molar-refractivity contribution in [2.24, 2.45) is 4.99 Å². The predicted molar refractivity (Wildman–Crippen MR) is 130 cm³/mol. The van der Waals surface area contributed by atoms with E-state index in [1.54, 1.807) is 17.6 Å². The molecule has 0 saturated heterocycles. The molecule has 0 N–H and O–H groups in total. The highest BCUT2D eigenvalue weighted by Gasteiger charge is 2.50. The average Bonchev–Trinajstić information content (AvgIpc) is 3.21. The van der Waals surface area contributed by atoms with Gasteiger partial charge in [0, 0.05) is 24.6 Å². The van der Waals surface area contributed by atoms with E-state index in [2.05, 4.69) is 16.8 Å². The van der Waals surface area contributed by atoms with Gasteiger partial charge in [0.05, 0.1) is 52.1 Å². The minimum absolute atomic E-state index is 0.147.